The average Bonchev–Trinajstić information content (AvgIpc) is 1.85. The molecule has 1 aromatic rings. The van der Waals surface area contributed by atoms with Gasteiger partial charge >= 0.3 is 0 Å². The Morgan fingerprint density at radius 2 is 2.27 bits per heavy atom. The molecular formula is C10H12O. The fraction of sp³-hybridized carbons (Fsp3) is 0.200. The van der Waals surface area contributed by atoms with Gasteiger partial charge in [0.05, 0.1) is 0 Å². The van der Waals surface area contributed by atoms with Crippen molar-refractivity contribution in [2.45, 2.75) is 13.3 Å². The minimum Gasteiger partial charge on any atom is -0.508 e. The SMILES string of the molecule is C=C(C)Cc1cccc(O)c1. The van der Waals surface area contributed by atoms with Gasteiger partial charge in [0.25, 0.3) is 0 Å². The first-order valence-corrected chi connectivity index (χ1v) is 3.61. The molecule has 1 aromatic carbocycles. The summed E-state index contributed by atoms with van der Waals surface area (Å²) >= 11 is 0. The van der Waals surface area contributed by atoms with Gasteiger partial charge in [0.15, 0.2) is 0 Å². The second kappa shape index (κ2) is 3.24. The van der Waals surface area contributed by atoms with E-state index in [-0.39, 0.29) is 0 Å². The molecule has 0 bridgehead atoms. The van der Waals surface area contributed by atoms with Crippen LogP contribution in [-0.2, 0) is 6.42 Å². The number of hydrogen-bond acceptors (Lipinski definition) is 1. The minimum absolute atomic E-state index is 0.323. The van der Waals surface area contributed by atoms with Gasteiger partial charge in [-0.25, -0.2) is 0 Å². The van der Waals surface area contributed by atoms with E-state index in [0.717, 1.165) is 17.6 Å². The Morgan fingerprint density at radius 3 is 2.82 bits per heavy atom. The summed E-state index contributed by atoms with van der Waals surface area (Å²) in [6.07, 6.45) is 0.842. The molecular weight excluding hydrogens is 136 g/mol. The van der Waals surface area contributed by atoms with Crippen molar-refractivity contribution in [1.29, 1.82) is 0 Å². The highest BCUT2D eigenvalue weighted by Crippen LogP contribution is 2.13. The monoisotopic (exact) mass is 148 g/mol. The lowest BCUT2D eigenvalue weighted by Crippen LogP contribution is -1.83. The number of phenols is 1. The van der Waals surface area contributed by atoms with Gasteiger partial charge in [0.2, 0.25) is 0 Å². The largest absolute Gasteiger partial charge is 0.508 e. The fourth-order valence-electron chi connectivity index (χ4n) is 1.01. The molecule has 0 atom stereocenters. The van der Waals surface area contributed by atoms with E-state index in [9.17, 15) is 0 Å². The first-order valence-electron chi connectivity index (χ1n) is 3.61. The first kappa shape index (κ1) is 7.86. The van der Waals surface area contributed by atoms with Crippen LogP contribution in [0.2, 0.25) is 0 Å². The second-order valence-corrected chi connectivity index (χ2v) is 2.80. The highest BCUT2D eigenvalue weighted by Gasteiger charge is 1.93. The third kappa shape index (κ3) is 2.46. The summed E-state index contributed by atoms with van der Waals surface area (Å²) < 4.78 is 0. The molecule has 0 fully saturated rings. The molecule has 1 nitrogen and oxygen atoms in total. The number of allylic oxidation sites excluding steroid dienone is 1. The third-order valence-corrected chi connectivity index (χ3v) is 1.42. The normalized spacial score (nSPS) is 9.55. The van der Waals surface area contributed by atoms with Crippen LogP contribution in [0.15, 0.2) is 36.4 Å². The molecule has 0 aromatic heterocycles. The van der Waals surface area contributed by atoms with Crippen molar-refractivity contribution in [3.05, 3.63) is 42.0 Å². The zero-order valence-corrected chi connectivity index (χ0v) is 6.67. The second-order valence-electron chi connectivity index (χ2n) is 2.80. The van der Waals surface area contributed by atoms with Gasteiger partial charge < -0.3 is 5.11 Å². The summed E-state index contributed by atoms with van der Waals surface area (Å²) in [7, 11) is 0. The lowest BCUT2D eigenvalue weighted by atomic mass is 10.1. The van der Waals surface area contributed by atoms with E-state index < -0.39 is 0 Å². The molecule has 0 radical (unpaired) electrons. The summed E-state index contributed by atoms with van der Waals surface area (Å²) in [5.74, 6) is 0.323. The van der Waals surface area contributed by atoms with Crippen LogP contribution < -0.4 is 0 Å². The van der Waals surface area contributed by atoms with E-state index in [4.69, 9.17) is 5.11 Å². The standard InChI is InChI=1S/C10H12O/c1-8(2)6-9-4-3-5-10(11)7-9/h3-5,7,11H,1,6H2,2H3. The number of phenolic OH excluding ortho intramolecular Hbond substituents is 1. The summed E-state index contributed by atoms with van der Waals surface area (Å²) in [5, 5.41) is 9.10. The third-order valence-electron chi connectivity index (χ3n) is 1.42. The molecule has 0 saturated carbocycles. The molecule has 1 rings (SSSR count). The Kier molecular flexibility index (Phi) is 2.32. The van der Waals surface area contributed by atoms with E-state index in [1.165, 1.54) is 0 Å². The van der Waals surface area contributed by atoms with E-state index in [1.54, 1.807) is 12.1 Å². The van der Waals surface area contributed by atoms with Gasteiger partial charge in [-0.05, 0) is 31.0 Å². The van der Waals surface area contributed by atoms with Gasteiger partial charge in [-0.1, -0.05) is 24.3 Å². The zero-order valence-electron chi connectivity index (χ0n) is 6.67. The minimum atomic E-state index is 0.323. The van der Waals surface area contributed by atoms with Gasteiger partial charge in [-0.3, -0.25) is 0 Å². The Morgan fingerprint density at radius 1 is 1.55 bits per heavy atom. The first-order chi connectivity index (χ1) is 5.18. The van der Waals surface area contributed by atoms with Crippen LogP contribution in [0.3, 0.4) is 0 Å². The molecule has 0 aliphatic rings. The smallest absolute Gasteiger partial charge is 0.115 e. The maximum atomic E-state index is 9.10. The molecule has 0 aliphatic carbocycles. The Hall–Kier alpha value is -1.24. The quantitative estimate of drug-likeness (QED) is 0.639. The number of rotatable bonds is 2. The van der Waals surface area contributed by atoms with Crippen molar-refractivity contribution in [2.24, 2.45) is 0 Å². The molecule has 0 amide bonds. The molecule has 1 N–H and O–H groups in total. The van der Waals surface area contributed by atoms with Crippen LogP contribution >= 0.6 is 0 Å². The Balaban J connectivity index is 2.79. The molecule has 58 valence electrons. The highest BCUT2D eigenvalue weighted by molar-refractivity contribution is 5.29. The Labute approximate surface area is 67.0 Å². The van der Waals surface area contributed by atoms with Crippen LogP contribution in [0.4, 0.5) is 0 Å². The number of benzene rings is 1. The lowest BCUT2D eigenvalue weighted by Gasteiger charge is -1.99. The predicted molar refractivity (Wildman–Crippen MR) is 46.6 cm³/mol. The van der Waals surface area contributed by atoms with Crippen molar-refractivity contribution >= 4 is 0 Å². The maximum absolute atomic E-state index is 9.10. The molecule has 0 unspecified atom stereocenters. The van der Waals surface area contributed by atoms with Crippen LogP contribution in [0.25, 0.3) is 0 Å². The van der Waals surface area contributed by atoms with Crippen molar-refractivity contribution < 1.29 is 5.11 Å². The van der Waals surface area contributed by atoms with Crippen molar-refractivity contribution in [3.8, 4) is 5.75 Å². The molecule has 0 saturated heterocycles. The Bertz CT molecular complexity index is 263. The molecule has 0 heterocycles. The van der Waals surface area contributed by atoms with Crippen LogP contribution in [0.1, 0.15) is 12.5 Å². The van der Waals surface area contributed by atoms with Crippen LogP contribution in [0.5, 0.6) is 5.75 Å². The van der Waals surface area contributed by atoms with Crippen molar-refractivity contribution in [1.82, 2.24) is 0 Å². The molecule has 0 spiro atoms. The van der Waals surface area contributed by atoms with Gasteiger partial charge in [0, 0.05) is 0 Å². The van der Waals surface area contributed by atoms with Crippen LogP contribution in [0, 0.1) is 0 Å². The molecule has 1 heteroatoms. The summed E-state index contributed by atoms with van der Waals surface area (Å²) in [6.45, 7) is 5.77. The van der Waals surface area contributed by atoms with E-state index in [0.29, 0.717) is 5.75 Å². The fourth-order valence-corrected chi connectivity index (χ4v) is 1.01. The highest BCUT2D eigenvalue weighted by atomic mass is 16.3. The van der Waals surface area contributed by atoms with Crippen molar-refractivity contribution in [3.63, 3.8) is 0 Å². The van der Waals surface area contributed by atoms with Gasteiger partial charge in [-0.2, -0.15) is 0 Å². The number of hydrogen-bond donors (Lipinski definition) is 1. The van der Waals surface area contributed by atoms with E-state index in [2.05, 4.69) is 6.58 Å². The summed E-state index contributed by atoms with van der Waals surface area (Å²) in [5.41, 5.74) is 2.22. The molecule has 0 aliphatic heterocycles. The van der Waals surface area contributed by atoms with E-state index >= 15 is 0 Å². The zero-order chi connectivity index (χ0) is 8.27. The van der Waals surface area contributed by atoms with Crippen molar-refractivity contribution in [2.75, 3.05) is 0 Å². The van der Waals surface area contributed by atoms with Crippen LogP contribution in [-0.4, -0.2) is 5.11 Å². The lowest BCUT2D eigenvalue weighted by molar-refractivity contribution is 0.474. The average molecular weight is 148 g/mol. The summed E-state index contributed by atoms with van der Waals surface area (Å²) in [4.78, 5) is 0. The van der Waals surface area contributed by atoms with Gasteiger partial charge in [-0.15, -0.1) is 0 Å². The predicted octanol–water partition coefficient (Wildman–Crippen LogP) is 2.51. The summed E-state index contributed by atoms with van der Waals surface area (Å²) in [6, 6.07) is 7.25. The maximum Gasteiger partial charge on any atom is 0.115 e. The van der Waals surface area contributed by atoms with E-state index in [1.807, 2.05) is 19.1 Å². The molecule has 11 heavy (non-hydrogen) atoms. The van der Waals surface area contributed by atoms with Gasteiger partial charge in [0.1, 0.15) is 5.75 Å². The topological polar surface area (TPSA) is 20.2 Å². The number of aromatic hydroxyl groups is 1.